The van der Waals surface area contributed by atoms with Crippen LogP contribution in [0.1, 0.15) is 11.5 Å². The summed E-state index contributed by atoms with van der Waals surface area (Å²) in [7, 11) is 0. The van der Waals surface area contributed by atoms with E-state index in [0.29, 0.717) is 11.1 Å². The third kappa shape index (κ3) is 4.32. The maximum atomic E-state index is 12.7. The van der Waals surface area contributed by atoms with Gasteiger partial charge in [0.2, 0.25) is 11.6 Å². The van der Waals surface area contributed by atoms with Gasteiger partial charge in [0.05, 0.1) is 0 Å². The van der Waals surface area contributed by atoms with E-state index in [2.05, 4.69) is 14.9 Å². The highest BCUT2D eigenvalue weighted by Gasteiger charge is 2.48. The first-order valence-electron chi connectivity index (χ1n) is 7.80. The number of benzene rings is 2. The van der Waals surface area contributed by atoms with E-state index in [4.69, 9.17) is 10.2 Å². The van der Waals surface area contributed by atoms with Gasteiger partial charge in [0, 0.05) is 12.0 Å². The summed E-state index contributed by atoms with van der Waals surface area (Å²) < 4.78 is 48.1. The number of carbonyl (C=O) groups excluding carboxylic acids is 1. The second kappa shape index (κ2) is 7.20. The van der Waals surface area contributed by atoms with Gasteiger partial charge in [-0.25, -0.2) is 4.79 Å². The summed E-state index contributed by atoms with van der Waals surface area (Å²) in [6.07, 6.45) is -5.50. The third-order valence-electron chi connectivity index (χ3n) is 3.62. The van der Waals surface area contributed by atoms with Gasteiger partial charge in [0.25, 0.3) is 5.89 Å². The first-order chi connectivity index (χ1) is 12.8. The largest absolute Gasteiger partial charge is 0.491 e. The van der Waals surface area contributed by atoms with Gasteiger partial charge in [-0.3, -0.25) is 5.73 Å². The Hall–Kier alpha value is -3.20. The molecule has 6 nitrogen and oxygen atoms in total. The molecule has 0 unspecified atom stereocenters. The van der Waals surface area contributed by atoms with E-state index in [-0.39, 0.29) is 12.3 Å². The first kappa shape index (κ1) is 18.6. The fraction of sp³-hybridized carbons (Fsp3) is 0.167. The predicted octanol–water partition coefficient (Wildman–Crippen LogP) is 3.20. The van der Waals surface area contributed by atoms with Crippen LogP contribution in [0.25, 0.3) is 11.5 Å². The van der Waals surface area contributed by atoms with E-state index >= 15 is 0 Å². The van der Waals surface area contributed by atoms with E-state index in [1.54, 1.807) is 60.7 Å². The topological polar surface area (TPSA) is 91.2 Å². The van der Waals surface area contributed by atoms with Gasteiger partial charge in [-0.2, -0.15) is 13.2 Å². The second-order valence-electron chi connectivity index (χ2n) is 5.72. The third-order valence-corrected chi connectivity index (χ3v) is 3.62. The van der Waals surface area contributed by atoms with Crippen LogP contribution in [0.15, 0.2) is 65.1 Å². The molecule has 9 heteroatoms. The van der Waals surface area contributed by atoms with E-state index in [1.807, 2.05) is 0 Å². The van der Waals surface area contributed by atoms with Crippen molar-refractivity contribution in [3.05, 3.63) is 72.1 Å². The van der Waals surface area contributed by atoms with Crippen LogP contribution in [-0.2, 0) is 21.7 Å². The normalized spacial score (nSPS) is 13.8. The average molecular weight is 377 g/mol. The van der Waals surface area contributed by atoms with Crippen molar-refractivity contribution in [2.45, 2.75) is 18.3 Å². The van der Waals surface area contributed by atoms with Crippen molar-refractivity contribution in [2.24, 2.45) is 5.73 Å². The summed E-state index contributed by atoms with van der Waals surface area (Å²) in [4.78, 5) is 11.4. The number of alkyl halides is 3. The predicted molar refractivity (Wildman–Crippen MR) is 87.9 cm³/mol. The summed E-state index contributed by atoms with van der Waals surface area (Å²) in [5.74, 6) is -2.85. The second-order valence-corrected chi connectivity index (χ2v) is 5.72. The Morgan fingerprint density at radius 3 is 2.19 bits per heavy atom. The molecule has 140 valence electrons. The number of hydrogen-bond donors (Lipinski definition) is 1. The molecule has 1 heterocycles. The summed E-state index contributed by atoms with van der Waals surface area (Å²) in [5, 5.41) is 7.50. The lowest BCUT2D eigenvalue weighted by molar-refractivity contribution is -0.217. The maximum Gasteiger partial charge on any atom is 0.491 e. The van der Waals surface area contributed by atoms with Crippen molar-refractivity contribution in [3.8, 4) is 11.5 Å². The quantitative estimate of drug-likeness (QED) is 0.542. The lowest BCUT2D eigenvalue weighted by atomic mass is 10.0. The Labute approximate surface area is 151 Å². The van der Waals surface area contributed by atoms with Crippen LogP contribution >= 0.6 is 0 Å². The van der Waals surface area contributed by atoms with Gasteiger partial charge in [0.1, 0.15) is 0 Å². The van der Waals surface area contributed by atoms with Crippen molar-refractivity contribution in [1.29, 1.82) is 0 Å². The molecular formula is C18H14F3N3O3. The molecular weight excluding hydrogens is 363 g/mol. The standard InChI is InChI=1S/C18H14F3N3O3/c19-18(20,21)16(25)27-17(22,11-12-7-3-1-4-8-12)15-24-23-14(26-15)13-9-5-2-6-10-13/h1-10H,11,22H2/t17-/m1/s1. The lowest BCUT2D eigenvalue weighted by Gasteiger charge is -2.26. The number of aromatic nitrogens is 2. The van der Waals surface area contributed by atoms with Crippen molar-refractivity contribution in [1.82, 2.24) is 10.2 Å². The number of halogens is 3. The monoisotopic (exact) mass is 377 g/mol. The summed E-state index contributed by atoms with van der Waals surface area (Å²) >= 11 is 0. The highest BCUT2D eigenvalue weighted by atomic mass is 19.4. The zero-order valence-corrected chi connectivity index (χ0v) is 13.8. The van der Waals surface area contributed by atoms with Crippen molar-refractivity contribution in [2.75, 3.05) is 0 Å². The molecule has 1 aromatic heterocycles. The Morgan fingerprint density at radius 1 is 1.00 bits per heavy atom. The van der Waals surface area contributed by atoms with Crippen LogP contribution < -0.4 is 5.73 Å². The molecule has 0 amide bonds. The highest BCUT2D eigenvalue weighted by molar-refractivity contribution is 5.76. The molecule has 2 aromatic carbocycles. The van der Waals surface area contributed by atoms with E-state index < -0.39 is 23.8 Å². The van der Waals surface area contributed by atoms with Gasteiger partial charge >= 0.3 is 12.1 Å². The molecule has 3 aromatic rings. The Kier molecular flexibility index (Phi) is 4.95. The molecule has 27 heavy (non-hydrogen) atoms. The van der Waals surface area contributed by atoms with Gasteiger partial charge in [-0.15, -0.1) is 10.2 Å². The fourth-order valence-corrected chi connectivity index (χ4v) is 2.37. The molecule has 0 fully saturated rings. The Morgan fingerprint density at radius 2 is 1.59 bits per heavy atom. The molecule has 3 rings (SSSR count). The minimum absolute atomic E-state index is 0.0385. The number of esters is 1. The highest BCUT2D eigenvalue weighted by Crippen LogP contribution is 2.30. The van der Waals surface area contributed by atoms with Crippen LogP contribution in [-0.4, -0.2) is 22.3 Å². The molecule has 2 N–H and O–H groups in total. The minimum Gasteiger partial charge on any atom is -0.427 e. The average Bonchev–Trinajstić information content (AvgIpc) is 3.13. The summed E-state index contributed by atoms with van der Waals surface area (Å²) in [6, 6.07) is 16.9. The molecule has 0 spiro atoms. The number of nitrogens with zero attached hydrogens (tertiary/aromatic N) is 2. The number of hydrogen-bond acceptors (Lipinski definition) is 6. The summed E-state index contributed by atoms with van der Waals surface area (Å²) in [5.41, 5.74) is 4.78. The molecule has 0 saturated carbocycles. The molecule has 0 aliphatic carbocycles. The SMILES string of the molecule is N[C@](Cc1ccccc1)(OC(=O)C(F)(F)F)c1nnc(-c2ccccc2)o1. The van der Waals surface area contributed by atoms with Crippen LogP contribution in [0, 0.1) is 0 Å². The van der Waals surface area contributed by atoms with Gasteiger partial charge < -0.3 is 9.15 Å². The molecule has 0 saturated heterocycles. The number of nitrogens with two attached hydrogens (primary N) is 1. The molecule has 0 aliphatic heterocycles. The number of carbonyl (C=O) groups is 1. The van der Waals surface area contributed by atoms with Crippen LogP contribution in [0.4, 0.5) is 13.2 Å². The zero-order valence-electron chi connectivity index (χ0n) is 13.8. The van der Waals surface area contributed by atoms with Crippen LogP contribution in [0.2, 0.25) is 0 Å². The molecule has 0 radical (unpaired) electrons. The van der Waals surface area contributed by atoms with E-state index in [1.165, 1.54) is 0 Å². The Balaban J connectivity index is 1.96. The number of ether oxygens (including phenoxy) is 1. The van der Waals surface area contributed by atoms with Crippen LogP contribution in [0.3, 0.4) is 0 Å². The zero-order chi connectivity index (χ0) is 19.5. The fourth-order valence-electron chi connectivity index (χ4n) is 2.37. The van der Waals surface area contributed by atoms with Crippen LogP contribution in [0.5, 0.6) is 0 Å². The van der Waals surface area contributed by atoms with Gasteiger partial charge in [-0.05, 0) is 17.7 Å². The van der Waals surface area contributed by atoms with E-state index in [9.17, 15) is 18.0 Å². The maximum absolute atomic E-state index is 12.7. The van der Waals surface area contributed by atoms with E-state index in [0.717, 1.165) is 0 Å². The Bertz CT molecular complexity index is 914. The molecule has 1 atom stereocenters. The lowest BCUT2D eigenvalue weighted by Crippen LogP contribution is -2.47. The van der Waals surface area contributed by atoms with Gasteiger partial charge in [0.15, 0.2) is 0 Å². The first-order valence-corrected chi connectivity index (χ1v) is 7.80. The van der Waals surface area contributed by atoms with Crippen molar-refractivity contribution >= 4 is 5.97 Å². The molecule has 0 bridgehead atoms. The minimum atomic E-state index is -5.22. The van der Waals surface area contributed by atoms with Gasteiger partial charge in [-0.1, -0.05) is 48.5 Å². The van der Waals surface area contributed by atoms with Crippen molar-refractivity contribution < 1.29 is 27.1 Å². The summed E-state index contributed by atoms with van der Waals surface area (Å²) in [6.45, 7) is 0. The number of rotatable bonds is 5. The van der Waals surface area contributed by atoms with Crippen molar-refractivity contribution in [3.63, 3.8) is 0 Å². The smallest absolute Gasteiger partial charge is 0.427 e. The molecule has 0 aliphatic rings.